The van der Waals surface area contributed by atoms with Crippen molar-refractivity contribution in [2.45, 2.75) is 84.5 Å². The first-order valence-electron chi connectivity index (χ1n) is 12.0. The van der Waals surface area contributed by atoms with E-state index in [1.165, 1.54) is 0 Å². The normalized spacial score (nSPS) is 19.7. The lowest BCUT2D eigenvalue weighted by atomic mass is 9.90. The Morgan fingerprint density at radius 1 is 1.12 bits per heavy atom. The van der Waals surface area contributed by atoms with E-state index in [1.807, 2.05) is 58.9 Å². The average Bonchev–Trinajstić information content (AvgIpc) is 3.13. The fraction of sp³-hybridized carbons (Fsp3) is 0.500. The lowest BCUT2D eigenvalue weighted by molar-refractivity contribution is 0.0488. The van der Waals surface area contributed by atoms with Crippen LogP contribution < -0.4 is 21.3 Å². The number of pyridine rings is 1. The number of aromatic nitrogens is 1. The number of amides is 2. The summed E-state index contributed by atoms with van der Waals surface area (Å²) in [5, 5.41) is 12.9. The molecule has 1 aliphatic heterocycles. The van der Waals surface area contributed by atoms with Crippen LogP contribution in [0, 0.1) is 13.8 Å². The highest BCUT2D eigenvalue weighted by Crippen LogP contribution is 2.33. The fourth-order valence-electron chi connectivity index (χ4n) is 4.65. The Balaban J connectivity index is 1.60. The molecule has 2 unspecified atom stereocenters. The second-order valence-corrected chi connectivity index (χ2v) is 10.3. The number of benzene rings is 1. The van der Waals surface area contributed by atoms with Crippen molar-refractivity contribution in [1.29, 1.82) is 0 Å². The van der Waals surface area contributed by atoms with Crippen LogP contribution in [0.5, 0.6) is 0 Å². The summed E-state index contributed by atoms with van der Waals surface area (Å²) in [6.45, 7) is 10.1. The molecule has 0 spiro atoms. The molecular formula is C26H35N5O3. The maximum atomic E-state index is 12.6. The fourth-order valence-corrected chi connectivity index (χ4v) is 4.65. The Morgan fingerprint density at radius 2 is 1.85 bits per heavy atom. The number of hydrogen-bond acceptors (Lipinski definition) is 6. The lowest BCUT2D eigenvalue weighted by Crippen LogP contribution is -2.50. The van der Waals surface area contributed by atoms with Crippen LogP contribution >= 0.6 is 0 Å². The molecular weight excluding hydrogens is 430 g/mol. The molecule has 0 bridgehead atoms. The minimum Gasteiger partial charge on any atom is -0.444 e. The number of nitrogens with one attached hydrogen (secondary N) is 4. The molecule has 0 radical (unpaired) electrons. The smallest absolute Gasteiger partial charge is 0.407 e. The van der Waals surface area contributed by atoms with Gasteiger partial charge >= 0.3 is 6.09 Å². The summed E-state index contributed by atoms with van der Waals surface area (Å²) in [7, 11) is 0. The van der Waals surface area contributed by atoms with Gasteiger partial charge in [0.2, 0.25) is 0 Å². The van der Waals surface area contributed by atoms with Gasteiger partial charge in [0.25, 0.3) is 5.91 Å². The first-order valence-corrected chi connectivity index (χ1v) is 12.0. The molecule has 1 saturated carbocycles. The minimum atomic E-state index is -0.546. The third-order valence-corrected chi connectivity index (χ3v) is 6.29. The van der Waals surface area contributed by atoms with Crippen LogP contribution in [-0.2, 0) is 11.3 Å². The molecule has 2 aliphatic rings. The second kappa shape index (κ2) is 9.52. The zero-order chi connectivity index (χ0) is 24.5. The maximum Gasteiger partial charge on any atom is 0.407 e. The topological polar surface area (TPSA) is 104 Å². The first-order chi connectivity index (χ1) is 16.1. The van der Waals surface area contributed by atoms with Gasteiger partial charge in [-0.2, -0.15) is 0 Å². The highest BCUT2D eigenvalue weighted by molar-refractivity contribution is 6.04. The summed E-state index contributed by atoms with van der Waals surface area (Å²) in [6, 6.07) is 7.94. The van der Waals surface area contributed by atoms with Crippen molar-refractivity contribution in [2.75, 3.05) is 10.6 Å². The highest BCUT2D eigenvalue weighted by Gasteiger charge is 2.32. The molecule has 1 aromatic carbocycles. The predicted molar refractivity (Wildman–Crippen MR) is 134 cm³/mol. The molecule has 1 aromatic heterocycles. The summed E-state index contributed by atoms with van der Waals surface area (Å²) in [4.78, 5) is 29.9. The Kier molecular flexibility index (Phi) is 6.68. The summed E-state index contributed by atoms with van der Waals surface area (Å²) in [5.41, 5.74) is 3.95. The van der Waals surface area contributed by atoms with E-state index in [2.05, 4.69) is 21.3 Å². The average molecular weight is 466 g/mol. The summed E-state index contributed by atoms with van der Waals surface area (Å²) >= 11 is 0. The number of fused-ring (bicyclic) bond motifs is 1. The first kappa shape index (κ1) is 23.9. The van der Waals surface area contributed by atoms with Crippen molar-refractivity contribution < 1.29 is 14.3 Å². The van der Waals surface area contributed by atoms with Gasteiger partial charge in [-0.05, 0) is 76.3 Å². The number of aryl methyl sites for hydroxylation is 1. The number of anilines is 3. The second-order valence-electron chi connectivity index (χ2n) is 10.3. The molecule has 2 atom stereocenters. The Labute approximate surface area is 201 Å². The molecule has 4 N–H and O–H groups in total. The van der Waals surface area contributed by atoms with Crippen LogP contribution in [0.4, 0.5) is 22.1 Å². The maximum absolute atomic E-state index is 12.6. The van der Waals surface area contributed by atoms with Crippen LogP contribution in [-0.4, -0.2) is 34.7 Å². The Bertz CT molecular complexity index is 1090. The third kappa shape index (κ3) is 5.43. The Morgan fingerprint density at radius 3 is 2.56 bits per heavy atom. The van der Waals surface area contributed by atoms with Crippen molar-refractivity contribution >= 4 is 29.3 Å². The van der Waals surface area contributed by atoms with Crippen molar-refractivity contribution in [3.05, 3.63) is 46.5 Å². The number of ether oxygens (including phenoxy) is 1. The van der Waals surface area contributed by atoms with Gasteiger partial charge in [0.15, 0.2) is 0 Å². The number of carbonyl (C=O) groups is 2. The van der Waals surface area contributed by atoms with Crippen LogP contribution in [0.25, 0.3) is 0 Å². The van der Waals surface area contributed by atoms with Gasteiger partial charge in [0, 0.05) is 18.3 Å². The van der Waals surface area contributed by atoms with Crippen molar-refractivity contribution in [3.63, 3.8) is 0 Å². The molecule has 182 valence electrons. The van der Waals surface area contributed by atoms with E-state index in [0.29, 0.717) is 17.9 Å². The SMILES string of the molecule is Cc1cccc(Nc2nc(NC3CCCCC3NC(=O)OC(C)(C)C)c(C)c3c2C(=O)NC3)c1. The zero-order valence-corrected chi connectivity index (χ0v) is 20.7. The minimum absolute atomic E-state index is 0.0161. The van der Waals surface area contributed by atoms with Gasteiger partial charge in [-0.15, -0.1) is 0 Å². The highest BCUT2D eigenvalue weighted by atomic mass is 16.6. The van der Waals surface area contributed by atoms with Crippen LogP contribution in [0.3, 0.4) is 0 Å². The van der Waals surface area contributed by atoms with E-state index in [-0.39, 0.29) is 18.0 Å². The van der Waals surface area contributed by atoms with E-state index in [9.17, 15) is 9.59 Å². The molecule has 2 amide bonds. The summed E-state index contributed by atoms with van der Waals surface area (Å²) < 4.78 is 5.48. The van der Waals surface area contributed by atoms with Crippen molar-refractivity contribution in [1.82, 2.24) is 15.6 Å². The van der Waals surface area contributed by atoms with Gasteiger partial charge in [0.1, 0.15) is 17.2 Å². The number of carbonyl (C=O) groups excluding carboxylic acids is 2. The zero-order valence-electron chi connectivity index (χ0n) is 20.7. The van der Waals surface area contributed by atoms with Crippen molar-refractivity contribution in [3.8, 4) is 0 Å². The van der Waals surface area contributed by atoms with Gasteiger partial charge in [0.05, 0.1) is 11.6 Å². The Hall–Kier alpha value is -3.29. The molecule has 1 fully saturated rings. The molecule has 2 aromatic rings. The molecule has 4 rings (SSSR count). The number of nitrogens with zero attached hydrogens (tertiary/aromatic N) is 1. The molecule has 2 heterocycles. The van der Waals surface area contributed by atoms with Crippen LogP contribution in [0.15, 0.2) is 24.3 Å². The number of alkyl carbamates (subject to hydrolysis) is 1. The van der Waals surface area contributed by atoms with Gasteiger partial charge in [-0.3, -0.25) is 4.79 Å². The lowest BCUT2D eigenvalue weighted by Gasteiger charge is -2.34. The molecule has 8 nitrogen and oxygen atoms in total. The van der Waals surface area contributed by atoms with Crippen molar-refractivity contribution in [2.24, 2.45) is 0 Å². The van der Waals surface area contributed by atoms with Crippen LogP contribution in [0.1, 0.15) is 73.5 Å². The molecule has 8 heteroatoms. The standard InChI is InChI=1S/C26H35N5O3/c1-15-9-8-10-17(13-15)28-23-21-18(14-27-24(21)32)16(2)22(31-23)29-19-11-6-7-12-20(19)30-25(33)34-26(3,4)5/h8-10,13,19-20H,6-7,11-12,14H2,1-5H3,(H,27,32)(H,30,33)(H2,28,29,31). The summed E-state index contributed by atoms with van der Waals surface area (Å²) in [6.07, 6.45) is 3.50. The van der Waals surface area contributed by atoms with Gasteiger partial charge in [-0.25, -0.2) is 9.78 Å². The van der Waals surface area contributed by atoms with E-state index in [0.717, 1.165) is 53.9 Å². The van der Waals surface area contributed by atoms with E-state index >= 15 is 0 Å². The summed E-state index contributed by atoms with van der Waals surface area (Å²) in [5.74, 6) is 1.15. The van der Waals surface area contributed by atoms with Crippen LogP contribution in [0.2, 0.25) is 0 Å². The van der Waals surface area contributed by atoms with E-state index in [4.69, 9.17) is 9.72 Å². The largest absolute Gasteiger partial charge is 0.444 e. The van der Waals surface area contributed by atoms with E-state index in [1.54, 1.807) is 0 Å². The number of hydrogen-bond donors (Lipinski definition) is 4. The predicted octanol–water partition coefficient (Wildman–Crippen LogP) is 4.93. The van der Waals surface area contributed by atoms with Gasteiger partial charge < -0.3 is 26.0 Å². The monoisotopic (exact) mass is 465 g/mol. The van der Waals surface area contributed by atoms with Gasteiger partial charge in [-0.1, -0.05) is 25.0 Å². The quantitative estimate of drug-likeness (QED) is 0.499. The third-order valence-electron chi connectivity index (χ3n) is 6.29. The van der Waals surface area contributed by atoms with E-state index < -0.39 is 11.7 Å². The molecule has 0 saturated heterocycles. The molecule has 34 heavy (non-hydrogen) atoms. The number of rotatable bonds is 5. The molecule has 1 aliphatic carbocycles.